The van der Waals surface area contributed by atoms with Crippen molar-refractivity contribution >= 4 is 27.3 Å². The Morgan fingerprint density at radius 1 is 1.44 bits per heavy atom. The quantitative estimate of drug-likeness (QED) is 0.595. The van der Waals surface area contributed by atoms with Crippen molar-refractivity contribution in [3.8, 4) is 0 Å². The highest BCUT2D eigenvalue weighted by Crippen LogP contribution is 2.31. The van der Waals surface area contributed by atoms with E-state index in [2.05, 4.69) is 65.6 Å². The second-order valence-electron chi connectivity index (χ2n) is 4.82. The molecule has 5 heteroatoms. The molecule has 1 atom stereocenters. The summed E-state index contributed by atoms with van der Waals surface area (Å²) in [5.74, 6) is 5.83. The van der Waals surface area contributed by atoms with Gasteiger partial charge in [0.05, 0.1) is 0 Å². The van der Waals surface area contributed by atoms with Crippen molar-refractivity contribution in [3.05, 3.63) is 20.8 Å². The molecule has 0 bridgehead atoms. The Labute approximate surface area is 123 Å². The fraction of sp³-hybridized carbons (Fsp3) is 0.692. The number of nitrogens with two attached hydrogens (primary N) is 1. The van der Waals surface area contributed by atoms with Gasteiger partial charge in [-0.2, -0.15) is 0 Å². The van der Waals surface area contributed by atoms with Gasteiger partial charge in [0.25, 0.3) is 0 Å². The highest BCUT2D eigenvalue weighted by molar-refractivity contribution is 9.10. The molecule has 3 N–H and O–H groups in total. The average Bonchev–Trinajstić information content (AvgIpc) is 2.75. The van der Waals surface area contributed by atoms with Gasteiger partial charge in [-0.05, 0) is 54.3 Å². The maximum absolute atomic E-state index is 5.83. The Kier molecular flexibility index (Phi) is 6.27. The topological polar surface area (TPSA) is 41.3 Å². The summed E-state index contributed by atoms with van der Waals surface area (Å²) in [6, 6.07) is 2.35. The highest BCUT2D eigenvalue weighted by atomic mass is 79.9. The first kappa shape index (κ1) is 16.1. The minimum absolute atomic E-state index is 0.0954. The van der Waals surface area contributed by atoms with Crippen LogP contribution in [0.4, 0.5) is 0 Å². The van der Waals surface area contributed by atoms with Gasteiger partial charge >= 0.3 is 0 Å². The lowest BCUT2D eigenvalue weighted by Gasteiger charge is -2.45. The van der Waals surface area contributed by atoms with Gasteiger partial charge in [0.15, 0.2) is 0 Å². The lowest BCUT2D eigenvalue weighted by atomic mass is 9.81. The molecule has 3 nitrogen and oxygen atoms in total. The molecule has 0 aliphatic heterocycles. The summed E-state index contributed by atoms with van der Waals surface area (Å²) in [5, 5.41) is 2.11. The Morgan fingerprint density at radius 3 is 2.39 bits per heavy atom. The number of rotatable bonds is 7. The minimum atomic E-state index is 0.0954. The fourth-order valence-corrected chi connectivity index (χ4v) is 4.31. The molecule has 0 saturated heterocycles. The molecule has 1 aromatic rings. The fourth-order valence-electron chi connectivity index (χ4n) is 2.75. The van der Waals surface area contributed by atoms with E-state index in [1.165, 1.54) is 9.35 Å². The molecule has 0 amide bonds. The van der Waals surface area contributed by atoms with Gasteiger partial charge in [0.1, 0.15) is 0 Å². The molecule has 0 saturated carbocycles. The van der Waals surface area contributed by atoms with Crippen LogP contribution in [0, 0.1) is 0 Å². The molecule has 0 aromatic carbocycles. The van der Waals surface area contributed by atoms with Crippen LogP contribution in [0.15, 0.2) is 15.9 Å². The minimum Gasteiger partial charge on any atom is -0.302 e. The molecule has 0 spiro atoms. The van der Waals surface area contributed by atoms with E-state index in [1.807, 2.05) is 0 Å². The van der Waals surface area contributed by atoms with E-state index in [-0.39, 0.29) is 11.6 Å². The summed E-state index contributed by atoms with van der Waals surface area (Å²) < 4.78 is 1.19. The van der Waals surface area contributed by atoms with Crippen molar-refractivity contribution in [2.75, 3.05) is 14.1 Å². The maximum atomic E-state index is 5.83. The predicted molar refractivity (Wildman–Crippen MR) is 83.8 cm³/mol. The highest BCUT2D eigenvalue weighted by Gasteiger charge is 2.37. The lowest BCUT2D eigenvalue weighted by molar-refractivity contribution is 0.0885. The van der Waals surface area contributed by atoms with Crippen LogP contribution in [-0.4, -0.2) is 30.6 Å². The van der Waals surface area contributed by atoms with Crippen LogP contribution in [0.25, 0.3) is 0 Å². The van der Waals surface area contributed by atoms with Crippen molar-refractivity contribution in [1.82, 2.24) is 10.3 Å². The van der Waals surface area contributed by atoms with Crippen molar-refractivity contribution < 1.29 is 0 Å². The van der Waals surface area contributed by atoms with E-state index < -0.39 is 0 Å². The molecule has 0 aliphatic carbocycles. The summed E-state index contributed by atoms with van der Waals surface area (Å²) in [7, 11) is 4.28. The van der Waals surface area contributed by atoms with E-state index in [4.69, 9.17) is 5.84 Å². The summed E-state index contributed by atoms with van der Waals surface area (Å²) in [6.07, 6.45) is 3.11. The van der Waals surface area contributed by atoms with E-state index in [0.717, 1.165) is 19.3 Å². The number of halogens is 1. The van der Waals surface area contributed by atoms with Gasteiger partial charge in [-0.25, -0.2) is 0 Å². The zero-order valence-corrected chi connectivity index (χ0v) is 14.1. The SMILES string of the molecule is CCC(CC)(C(Cc1sccc1Br)NN)N(C)C. The summed E-state index contributed by atoms with van der Waals surface area (Å²) in [6.45, 7) is 4.47. The zero-order valence-electron chi connectivity index (χ0n) is 11.7. The molecule has 1 unspecified atom stereocenters. The number of hydrogen-bond acceptors (Lipinski definition) is 4. The van der Waals surface area contributed by atoms with Crippen LogP contribution in [0.5, 0.6) is 0 Å². The second kappa shape index (κ2) is 7.01. The summed E-state index contributed by atoms with van der Waals surface area (Å²) in [5.41, 5.74) is 3.13. The van der Waals surface area contributed by atoms with E-state index >= 15 is 0 Å². The molecule has 104 valence electrons. The van der Waals surface area contributed by atoms with Gasteiger partial charge in [0, 0.05) is 27.4 Å². The molecular formula is C13H24BrN3S. The first-order valence-electron chi connectivity index (χ1n) is 6.37. The zero-order chi connectivity index (χ0) is 13.8. The largest absolute Gasteiger partial charge is 0.302 e. The Hall–Kier alpha value is 0.0600. The molecule has 0 radical (unpaired) electrons. The van der Waals surface area contributed by atoms with Crippen LogP contribution in [0.1, 0.15) is 31.6 Å². The average molecular weight is 334 g/mol. The van der Waals surface area contributed by atoms with Crippen molar-refractivity contribution in [2.45, 2.75) is 44.7 Å². The molecule has 0 aliphatic rings. The van der Waals surface area contributed by atoms with Gasteiger partial charge in [-0.3, -0.25) is 11.3 Å². The number of thiophene rings is 1. The van der Waals surface area contributed by atoms with Crippen LogP contribution in [-0.2, 0) is 6.42 Å². The third-order valence-electron chi connectivity index (χ3n) is 4.05. The van der Waals surface area contributed by atoms with E-state index in [0.29, 0.717) is 0 Å². The van der Waals surface area contributed by atoms with Crippen LogP contribution in [0.2, 0.25) is 0 Å². The Balaban J connectivity index is 2.96. The Morgan fingerprint density at radius 2 is 2.06 bits per heavy atom. The van der Waals surface area contributed by atoms with Crippen LogP contribution >= 0.6 is 27.3 Å². The number of hydrazine groups is 1. The number of hydrogen-bond donors (Lipinski definition) is 2. The standard InChI is InChI=1S/C13H24BrN3S/c1-5-13(6-2,17(3)4)12(16-15)9-11-10(14)7-8-18-11/h7-8,12,16H,5-6,9,15H2,1-4H3. The lowest BCUT2D eigenvalue weighted by Crippen LogP contribution is -2.61. The van der Waals surface area contributed by atoms with Gasteiger partial charge < -0.3 is 4.90 Å². The summed E-state index contributed by atoms with van der Waals surface area (Å²) >= 11 is 5.38. The van der Waals surface area contributed by atoms with Gasteiger partial charge in [-0.15, -0.1) is 11.3 Å². The van der Waals surface area contributed by atoms with Crippen LogP contribution < -0.4 is 11.3 Å². The molecule has 1 heterocycles. The molecular weight excluding hydrogens is 310 g/mol. The predicted octanol–water partition coefficient (Wildman–Crippen LogP) is 3.01. The van der Waals surface area contributed by atoms with Gasteiger partial charge in [-0.1, -0.05) is 13.8 Å². The first-order valence-corrected chi connectivity index (χ1v) is 8.04. The molecule has 1 rings (SSSR count). The molecule has 18 heavy (non-hydrogen) atoms. The smallest absolute Gasteiger partial charge is 0.0442 e. The van der Waals surface area contributed by atoms with E-state index in [1.54, 1.807) is 11.3 Å². The summed E-state index contributed by atoms with van der Waals surface area (Å²) in [4.78, 5) is 3.66. The monoisotopic (exact) mass is 333 g/mol. The number of nitrogens with one attached hydrogen (secondary N) is 1. The van der Waals surface area contributed by atoms with Crippen molar-refractivity contribution in [2.24, 2.45) is 5.84 Å². The second-order valence-corrected chi connectivity index (χ2v) is 6.68. The van der Waals surface area contributed by atoms with Crippen LogP contribution in [0.3, 0.4) is 0 Å². The van der Waals surface area contributed by atoms with Crippen molar-refractivity contribution in [3.63, 3.8) is 0 Å². The first-order chi connectivity index (χ1) is 8.51. The van der Waals surface area contributed by atoms with E-state index in [9.17, 15) is 0 Å². The van der Waals surface area contributed by atoms with Gasteiger partial charge in [0.2, 0.25) is 0 Å². The normalized spacial score (nSPS) is 14.2. The molecule has 0 fully saturated rings. The third-order valence-corrected chi connectivity index (χ3v) is 5.99. The third kappa shape index (κ3) is 3.14. The number of likely N-dealkylation sites (N-methyl/N-ethyl adjacent to an activating group) is 1. The molecule has 1 aromatic heterocycles. The number of nitrogens with zero attached hydrogens (tertiary/aromatic N) is 1. The van der Waals surface area contributed by atoms with Crippen molar-refractivity contribution in [1.29, 1.82) is 0 Å². The maximum Gasteiger partial charge on any atom is 0.0442 e. The Bertz CT molecular complexity index is 361.